The lowest BCUT2D eigenvalue weighted by molar-refractivity contribution is 0.531. The molecule has 0 saturated heterocycles. The molecule has 2 heteroatoms. The van der Waals surface area contributed by atoms with E-state index in [0.29, 0.717) is 0 Å². The van der Waals surface area contributed by atoms with Crippen LogP contribution in [0.3, 0.4) is 0 Å². The largest absolute Gasteiger partial charge is 0.314 e. The summed E-state index contributed by atoms with van der Waals surface area (Å²) in [6, 6.07) is 20.2. The van der Waals surface area contributed by atoms with Gasteiger partial charge in [0.25, 0.3) is 0 Å². The zero-order valence-corrected chi connectivity index (χ0v) is 21.5. The van der Waals surface area contributed by atoms with Crippen LogP contribution in [0, 0.1) is 0 Å². The lowest BCUT2D eigenvalue weighted by atomic mass is 10.0. The highest BCUT2D eigenvalue weighted by Gasteiger charge is 2.26. The molecule has 2 rings (SSSR count). The third-order valence-corrected chi connectivity index (χ3v) is 9.88. The first-order valence-corrected chi connectivity index (χ1v) is 15.4. The van der Waals surface area contributed by atoms with E-state index in [-0.39, 0.29) is 0 Å². The van der Waals surface area contributed by atoms with Crippen molar-refractivity contribution >= 4 is 17.8 Å². The van der Waals surface area contributed by atoms with E-state index in [1.807, 2.05) is 60.7 Å². The highest BCUT2D eigenvalue weighted by atomic mass is 31.2. The van der Waals surface area contributed by atoms with E-state index in [0.717, 1.165) is 23.2 Å². The van der Waals surface area contributed by atoms with Crippen LogP contribution >= 0.6 is 7.14 Å². The Morgan fingerprint density at radius 2 is 0.781 bits per heavy atom. The van der Waals surface area contributed by atoms with Crippen molar-refractivity contribution in [2.45, 2.75) is 110 Å². The molecule has 1 nitrogen and oxygen atoms in total. The van der Waals surface area contributed by atoms with Crippen molar-refractivity contribution in [1.82, 2.24) is 0 Å². The summed E-state index contributed by atoms with van der Waals surface area (Å²) < 4.78 is 14.0. The van der Waals surface area contributed by atoms with Gasteiger partial charge in [-0.25, -0.2) is 0 Å². The van der Waals surface area contributed by atoms with Gasteiger partial charge in [0, 0.05) is 16.8 Å². The lowest BCUT2D eigenvalue weighted by Gasteiger charge is -2.19. The Morgan fingerprint density at radius 3 is 1.12 bits per heavy atom. The Bertz CT molecular complexity index is 682. The molecule has 0 N–H and O–H groups in total. The van der Waals surface area contributed by atoms with Gasteiger partial charge in [-0.2, -0.15) is 0 Å². The molecule has 0 saturated carbocycles. The van der Waals surface area contributed by atoms with E-state index in [9.17, 15) is 4.57 Å². The predicted octanol–water partition coefficient (Wildman–Crippen LogP) is 9.26. The van der Waals surface area contributed by atoms with Crippen LogP contribution in [-0.2, 0) is 4.57 Å². The number of rotatable bonds is 19. The van der Waals surface area contributed by atoms with Gasteiger partial charge in [-0.15, -0.1) is 0 Å². The molecule has 0 spiro atoms. The summed E-state index contributed by atoms with van der Waals surface area (Å²) >= 11 is 0. The van der Waals surface area contributed by atoms with Crippen molar-refractivity contribution in [1.29, 1.82) is 0 Å². The molecule has 0 aromatic heterocycles. The zero-order valence-electron chi connectivity index (χ0n) is 20.6. The Morgan fingerprint density at radius 1 is 0.469 bits per heavy atom. The number of hydrogen-bond acceptors (Lipinski definition) is 1. The van der Waals surface area contributed by atoms with Crippen LogP contribution in [0.25, 0.3) is 0 Å². The molecule has 0 bridgehead atoms. The summed E-state index contributed by atoms with van der Waals surface area (Å²) in [5.41, 5.74) is 0. The fourth-order valence-electron chi connectivity index (χ4n) is 4.63. The highest BCUT2D eigenvalue weighted by Crippen LogP contribution is 2.44. The van der Waals surface area contributed by atoms with Gasteiger partial charge >= 0.3 is 0 Å². The minimum Gasteiger partial charge on any atom is -0.314 e. The maximum absolute atomic E-state index is 14.0. The van der Waals surface area contributed by atoms with Crippen LogP contribution in [0.2, 0.25) is 0 Å². The van der Waals surface area contributed by atoms with Gasteiger partial charge in [-0.05, 0) is 6.42 Å². The quantitative estimate of drug-likeness (QED) is 0.153. The fraction of sp³-hybridized carbons (Fsp3) is 0.600. The second kappa shape index (κ2) is 17.2. The maximum atomic E-state index is 14.0. The molecular formula is C30H47OP. The van der Waals surface area contributed by atoms with Crippen LogP contribution in [0.4, 0.5) is 0 Å². The van der Waals surface area contributed by atoms with Gasteiger partial charge < -0.3 is 4.57 Å². The zero-order chi connectivity index (χ0) is 22.7. The lowest BCUT2D eigenvalue weighted by Crippen LogP contribution is -2.18. The number of hydrogen-bond donors (Lipinski definition) is 0. The monoisotopic (exact) mass is 454 g/mol. The Kier molecular flexibility index (Phi) is 14.5. The third-order valence-electron chi connectivity index (χ3n) is 6.67. The first-order chi connectivity index (χ1) is 15.8. The van der Waals surface area contributed by atoms with Gasteiger partial charge in [0.05, 0.1) is 0 Å². The normalized spacial score (nSPS) is 11.7. The van der Waals surface area contributed by atoms with Gasteiger partial charge in [-0.1, -0.05) is 164 Å². The van der Waals surface area contributed by atoms with E-state index in [4.69, 9.17) is 0 Å². The summed E-state index contributed by atoms with van der Waals surface area (Å²) in [5, 5.41) is 2.01. The number of benzene rings is 2. The molecule has 0 amide bonds. The van der Waals surface area contributed by atoms with Crippen molar-refractivity contribution in [2.75, 3.05) is 6.16 Å². The molecule has 0 aliphatic carbocycles. The highest BCUT2D eigenvalue weighted by molar-refractivity contribution is 7.78. The molecule has 178 valence electrons. The van der Waals surface area contributed by atoms with Crippen molar-refractivity contribution in [2.24, 2.45) is 0 Å². The maximum Gasteiger partial charge on any atom is 0.143 e. The van der Waals surface area contributed by atoms with E-state index < -0.39 is 7.14 Å². The van der Waals surface area contributed by atoms with Crippen LogP contribution < -0.4 is 10.6 Å². The average molecular weight is 455 g/mol. The molecule has 0 aliphatic heterocycles. The molecular weight excluding hydrogens is 407 g/mol. The minimum atomic E-state index is -2.51. The molecule has 2 aromatic rings. The smallest absolute Gasteiger partial charge is 0.143 e. The van der Waals surface area contributed by atoms with Gasteiger partial charge in [-0.3, -0.25) is 0 Å². The van der Waals surface area contributed by atoms with Crippen molar-refractivity contribution in [3.63, 3.8) is 0 Å². The minimum absolute atomic E-state index is 0.791. The first kappa shape index (κ1) is 26.9. The topological polar surface area (TPSA) is 17.1 Å². The second-order valence-corrected chi connectivity index (χ2v) is 12.4. The summed E-state index contributed by atoms with van der Waals surface area (Å²) in [7, 11) is -2.51. The predicted molar refractivity (Wildman–Crippen MR) is 144 cm³/mol. The molecule has 0 heterocycles. The Labute approximate surface area is 198 Å². The van der Waals surface area contributed by atoms with E-state index in [1.165, 1.54) is 96.3 Å². The van der Waals surface area contributed by atoms with Crippen LogP contribution in [-0.4, -0.2) is 6.16 Å². The standard InChI is InChI=1S/C30H47OP/c1-2-3-4-5-6-7-8-9-10-11-12-13-14-15-16-23-28-32(31,29-24-19-17-20-25-29)30-26-21-18-22-27-30/h17-22,24-27H,2-16,23,28H2,1H3. The summed E-state index contributed by atoms with van der Waals surface area (Å²) in [5.74, 6) is 0. The van der Waals surface area contributed by atoms with E-state index in [1.54, 1.807) is 0 Å². The molecule has 0 unspecified atom stereocenters. The summed E-state index contributed by atoms with van der Waals surface area (Å²) in [6.07, 6.45) is 22.7. The summed E-state index contributed by atoms with van der Waals surface area (Å²) in [6.45, 7) is 2.29. The Balaban J connectivity index is 1.53. The van der Waals surface area contributed by atoms with E-state index >= 15 is 0 Å². The van der Waals surface area contributed by atoms with Crippen LogP contribution in [0.15, 0.2) is 60.7 Å². The summed E-state index contributed by atoms with van der Waals surface area (Å²) in [4.78, 5) is 0. The average Bonchev–Trinajstić information content (AvgIpc) is 2.84. The molecule has 0 aliphatic rings. The molecule has 0 atom stereocenters. The third kappa shape index (κ3) is 10.5. The molecule has 2 aromatic carbocycles. The Hall–Kier alpha value is -1.33. The first-order valence-electron chi connectivity index (χ1n) is 13.5. The number of unbranched alkanes of at least 4 members (excludes halogenated alkanes) is 15. The van der Waals surface area contributed by atoms with E-state index in [2.05, 4.69) is 6.92 Å². The van der Waals surface area contributed by atoms with Crippen molar-refractivity contribution in [3.05, 3.63) is 60.7 Å². The molecule has 0 radical (unpaired) electrons. The fourth-order valence-corrected chi connectivity index (χ4v) is 7.42. The molecule has 32 heavy (non-hydrogen) atoms. The van der Waals surface area contributed by atoms with Gasteiger partial charge in [0.1, 0.15) is 7.14 Å². The second-order valence-electron chi connectivity index (χ2n) is 9.44. The van der Waals surface area contributed by atoms with Crippen molar-refractivity contribution < 1.29 is 4.57 Å². The SMILES string of the molecule is CCCCCCCCCCCCCCCCCCP(=O)(c1ccccc1)c1ccccc1. The molecule has 0 fully saturated rings. The van der Waals surface area contributed by atoms with Gasteiger partial charge in [0.2, 0.25) is 0 Å². The van der Waals surface area contributed by atoms with Gasteiger partial charge in [0.15, 0.2) is 0 Å². The van der Waals surface area contributed by atoms with Crippen LogP contribution in [0.1, 0.15) is 110 Å². The van der Waals surface area contributed by atoms with Crippen molar-refractivity contribution in [3.8, 4) is 0 Å². The van der Waals surface area contributed by atoms with Crippen LogP contribution in [0.5, 0.6) is 0 Å².